The van der Waals surface area contributed by atoms with Crippen LogP contribution in [0.3, 0.4) is 0 Å². The van der Waals surface area contributed by atoms with Crippen molar-refractivity contribution in [3.05, 3.63) is 120 Å². The van der Waals surface area contributed by atoms with Gasteiger partial charge in [-0.2, -0.15) is 80.4 Å². The van der Waals surface area contributed by atoms with Crippen molar-refractivity contribution in [2.24, 2.45) is 20.5 Å². The zero-order valence-corrected chi connectivity index (χ0v) is 54.0. The molecule has 448 valence electrons. The van der Waals surface area contributed by atoms with Crippen molar-refractivity contribution in [1.29, 1.82) is 0 Å². The minimum Gasteiger partial charge on any atom is -0.505 e. The van der Waals surface area contributed by atoms with Gasteiger partial charge >= 0.3 is 0 Å². The summed E-state index contributed by atoms with van der Waals surface area (Å²) < 4.78 is 208. The normalized spacial score (nSPS) is 12.5. The number of anilines is 8. The molecule has 7 aromatic carbocycles. The van der Waals surface area contributed by atoms with Crippen molar-refractivity contribution in [2.45, 2.75) is 29.4 Å². The quantitative estimate of drug-likeness (QED) is 0.0223. The standard InChI is InChI=1S/C44H30Cl2N14O20S6.2Na/c45-39-51-41(55-43(53-39)49-27-17-23(81(63,64)65)13-19-15-31(85(75,76)77)35(37(61)33(19)27)59-57-25-5-1-3-7-29(25)83(69,70)71)47-21-9-11-22(12-10-21)48-42-52-40(46)54-44(56-42)50-28-18-24(82(66,67)68)14-20-16-32(86(78,79)80)36(38(62)34(20)28)60-58-26-6-2-4-8-30(26)84(72,73)74;;/h1-18,61-62H,(H,63,64,65)(H,66,67,68)(H,69,70,71)(H,72,73,74)(H,75,76,77)(H,78,79,80)(H2,47,49,51,53,55)(H2,48,50,52,54,56);;. The number of nitrogens with one attached hydrogen (secondary N) is 4. The van der Waals surface area contributed by atoms with Gasteiger partial charge in [0.2, 0.25) is 34.4 Å². The van der Waals surface area contributed by atoms with Crippen molar-refractivity contribution < 1.29 is 88.0 Å². The van der Waals surface area contributed by atoms with Crippen LogP contribution in [0.15, 0.2) is 159 Å². The Kier molecular flexibility index (Phi) is 20.2. The van der Waals surface area contributed by atoms with Gasteiger partial charge in [-0.1, -0.05) is 24.3 Å². The number of phenolic OH excluding ortho intramolecular Hbond substituents is 2. The Balaban J connectivity index is 0.00000552. The van der Waals surface area contributed by atoms with Crippen molar-refractivity contribution in [3.8, 4) is 11.5 Å². The van der Waals surface area contributed by atoms with Crippen LogP contribution in [0.1, 0.15) is 0 Å². The molecule has 0 unspecified atom stereocenters. The van der Waals surface area contributed by atoms with E-state index >= 15 is 0 Å². The SMILES string of the molecule is O=S(=O)(O)c1cc(Nc2nc(Cl)nc(Nc3ccc(Nc4nc(Cl)nc(Nc5cc(S(=O)(=O)O)cc6cc(S(=O)(=O)O)c(N=Nc7ccccc7S(=O)(=O)O)c(O)c56)n4)cc3)n2)c2c(O)c(N=Nc3ccccc3S(=O)(=O)O)c(S(=O)(=O)O)cc2c1.[Na].[Na]. The molecule has 88 heavy (non-hydrogen) atoms. The molecule has 0 bridgehead atoms. The Bertz CT molecular complexity index is 4830. The van der Waals surface area contributed by atoms with Crippen molar-refractivity contribution >= 4 is 234 Å². The Morgan fingerprint density at radius 2 is 0.670 bits per heavy atom. The Labute approximate surface area is 548 Å². The fourth-order valence-corrected chi connectivity index (χ4v) is 11.8. The van der Waals surface area contributed by atoms with Crippen LogP contribution in [-0.2, 0) is 60.7 Å². The molecular formula is C44H30Cl2N14Na2O20S6. The molecule has 34 nitrogen and oxygen atoms in total. The minimum atomic E-state index is -5.37. The van der Waals surface area contributed by atoms with Gasteiger partial charge in [-0.3, -0.25) is 27.3 Å². The third-order valence-electron chi connectivity index (χ3n) is 11.3. The summed E-state index contributed by atoms with van der Waals surface area (Å²) in [4.78, 5) is 18.5. The molecule has 12 N–H and O–H groups in total. The number of rotatable bonds is 18. The van der Waals surface area contributed by atoms with Crippen LogP contribution < -0.4 is 21.3 Å². The van der Waals surface area contributed by atoms with Gasteiger partial charge in [0.05, 0.1) is 21.2 Å². The molecule has 0 aliphatic carbocycles. The van der Waals surface area contributed by atoms with Crippen LogP contribution in [0.25, 0.3) is 21.5 Å². The molecular weight excluding hydrogens is 1350 g/mol. The van der Waals surface area contributed by atoms with E-state index in [1.165, 1.54) is 48.5 Å². The second-order valence-electron chi connectivity index (χ2n) is 17.0. The molecule has 0 saturated carbocycles. The van der Waals surface area contributed by atoms with E-state index in [1.54, 1.807) is 0 Å². The fraction of sp³-hybridized carbons (Fsp3) is 0. The minimum absolute atomic E-state index is 0. The molecule has 9 rings (SSSR count). The zero-order chi connectivity index (χ0) is 62.6. The summed E-state index contributed by atoms with van der Waals surface area (Å²) in [6.45, 7) is 0. The first-order chi connectivity index (χ1) is 40.0. The van der Waals surface area contributed by atoms with Gasteiger partial charge in [-0.05, 0) is 119 Å². The second-order valence-corrected chi connectivity index (χ2v) is 26.1. The number of aromatic nitrogens is 6. The third-order valence-corrected chi connectivity index (χ3v) is 16.8. The van der Waals surface area contributed by atoms with Gasteiger partial charge in [0.15, 0.2) is 11.5 Å². The fourth-order valence-electron chi connectivity index (χ4n) is 7.78. The molecule has 0 saturated heterocycles. The number of fused-ring (bicyclic) bond motifs is 2. The number of hydrogen-bond acceptors (Lipinski definition) is 28. The summed E-state index contributed by atoms with van der Waals surface area (Å²) in [5.41, 5.74) is -3.70. The first-order valence-electron chi connectivity index (χ1n) is 22.6. The molecule has 0 aliphatic heterocycles. The molecule has 44 heteroatoms. The van der Waals surface area contributed by atoms with Crippen LogP contribution >= 0.6 is 23.2 Å². The Hall–Kier alpha value is -6.88. The number of hydrogen-bond donors (Lipinski definition) is 12. The molecule has 0 atom stereocenters. The number of benzene rings is 7. The van der Waals surface area contributed by atoms with Gasteiger partial charge in [0.1, 0.15) is 42.3 Å². The van der Waals surface area contributed by atoms with E-state index in [2.05, 4.69) is 71.6 Å². The monoisotopic (exact) mass is 1380 g/mol. The predicted molar refractivity (Wildman–Crippen MR) is 312 cm³/mol. The van der Waals surface area contributed by atoms with E-state index in [0.717, 1.165) is 36.4 Å². The average molecular weight is 1380 g/mol. The number of halogens is 2. The third kappa shape index (κ3) is 15.7. The summed E-state index contributed by atoms with van der Waals surface area (Å²) in [6.07, 6.45) is 0. The van der Waals surface area contributed by atoms with Gasteiger partial charge in [-0.15, -0.1) is 20.5 Å². The number of nitrogens with zero attached hydrogens (tertiary/aromatic N) is 10. The maximum Gasteiger partial charge on any atom is 0.296 e. The molecule has 0 amide bonds. The van der Waals surface area contributed by atoms with Gasteiger partial charge in [-0.25, -0.2) is 0 Å². The molecule has 0 spiro atoms. The molecule has 0 aliphatic rings. The van der Waals surface area contributed by atoms with E-state index < -0.39 is 180 Å². The summed E-state index contributed by atoms with van der Waals surface area (Å²) in [6, 6.07) is 18.8. The molecule has 2 aromatic heterocycles. The van der Waals surface area contributed by atoms with Crippen LogP contribution in [-0.4, -0.2) is 177 Å². The van der Waals surface area contributed by atoms with Crippen LogP contribution in [0.4, 0.5) is 69.3 Å². The van der Waals surface area contributed by atoms with Crippen LogP contribution in [0.5, 0.6) is 11.5 Å². The van der Waals surface area contributed by atoms with E-state index in [4.69, 9.17) is 23.2 Å². The van der Waals surface area contributed by atoms with Crippen molar-refractivity contribution in [2.75, 3.05) is 21.3 Å². The second kappa shape index (κ2) is 25.9. The number of azo groups is 2. The molecule has 2 heterocycles. The largest absolute Gasteiger partial charge is 0.505 e. The first kappa shape index (κ1) is 68.6. The van der Waals surface area contributed by atoms with Gasteiger partial charge < -0.3 is 31.5 Å². The number of aromatic hydroxyl groups is 2. The summed E-state index contributed by atoms with van der Waals surface area (Å²) in [7, 11) is -30.9. The maximum atomic E-state index is 12.6. The molecule has 9 aromatic rings. The van der Waals surface area contributed by atoms with E-state index in [1.807, 2.05) is 0 Å². The van der Waals surface area contributed by atoms with E-state index in [9.17, 15) is 88.0 Å². The molecule has 0 fully saturated rings. The van der Waals surface area contributed by atoms with Crippen LogP contribution in [0.2, 0.25) is 10.6 Å². The molecule has 2 radical (unpaired) electrons. The Morgan fingerprint density at radius 1 is 0.364 bits per heavy atom. The Morgan fingerprint density at radius 3 is 0.977 bits per heavy atom. The first-order valence-corrected chi connectivity index (χ1v) is 32.0. The van der Waals surface area contributed by atoms with E-state index in [0.29, 0.717) is 24.3 Å². The topological polar surface area (TPSA) is 542 Å². The van der Waals surface area contributed by atoms with Gasteiger partial charge in [0, 0.05) is 81.3 Å². The zero-order valence-electron chi connectivity index (χ0n) is 43.5. The number of phenols is 2. The van der Waals surface area contributed by atoms with Crippen LogP contribution in [0, 0.1) is 0 Å². The summed E-state index contributed by atoms with van der Waals surface area (Å²) in [5.74, 6) is -3.88. The average Bonchev–Trinajstić information content (AvgIpc) is 1.56. The summed E-state index contributed by atoms with van der Waals surface area (Å²) in [5, 5.41) is 45.7. The van der Waals surface area contributed by atoms with E-state index in [-0.39, 0.29) is 82.4 Å². The maximum absolute atomic E-state index is 12.6. The van der Waals surface area contributed by atoms with Gasteiger partial charge in [0.25, 0.3) is 60.7 Å². The summed E-state index contributed by atoms with van der Waals surface area (Å²) >= 11 is 12.5. The van der Waals surface area contributed by atoms with Crippen molar-refractivity contribution in [3.63, 3.8) is 0 Å². The smallest absolute Gasteiger partial charge is 0.296 e. The predicted octanol–water partition coefficient (Wildman–Crippen LogP) is 7.60. The van der Waals surface area contributed by atoms with Crippen molar-refractivity contribution in [1.82, 2.24) is 29.9 Å².